The van der Waals surface area contributed by atoms with Crippen LogP contribution in [0.5, 0.6) is 5.75 Å². The van der Waals surface area contributed by atoms with Crippen LogP contribution in [0.15, 0.2) is 34.0 Å². The number of aromatic hydroxyl groups is 1. The maximum atomic E-state index is 11.5. The Kier molecular flexibility index (Phi) is 3.19. The van der Waals surface area contributed by atoms with E-state index in [0.717, 1.165) is 0 Å². The molecule has 0 aliphatic rings. The van der Waals surface area contributed by atoms with Crippen LogP contribution in [0.25, 0.3) is 0 Å². The number of nitrogens with zero attached hydrogens (tertiary/aromatic N) is 3. The molecule has 0 spiro atoms. The van der Waals surface area contributed by atoms with E-state index in [1.165, 1.54) is 18.3 Å². The average molecular weight is 247 g/mol. The Morgan fingerprint density at radius 2 is 2.11 bits per heavy atom. The summed E-state index contributed by atoms with van der Waals surface area (Å²) in [5.41, 5.74) is 8.13. The molecule has 0 radical (unpaired) electrons. The lowest BCUT2D eigenvalue weighted by molar-refractivity contribution is 0.0946. The molecule has 0 bridgehead atoms. The first kappa shape index (κ1) is 11.6. The van der Waals surface area contributed by atoms with Gasteiger partial charge < -0.3 is 10.8 Å². The summed E-state index contributed by atoms with van der Waals surface area (Å²) < 4.78 is 4.28. The van der Waals surface area contributed by atoms with E-state index in [2.05, 4.69) is 25.5 Å². The van der Waals surface area contributed by atoms with Crippen LogP contribution in [0.4, 0.5) is 5.82 Å². The minimum atomic E-state index is -0.622. The van der Waals surface area contributed by atoms with Crippen molar-refractivity contribution in [3.63, 3.8) is 0 Å². The van der Waals surface area contributed by atoms with Crippen molar-refractivity contribution in [2.45, 2.75) is 0 Å². The number of nitrogens with two attached hydrogens (primary N) is 1. The van der Waals surface area contributed by atoms with Gasteiger partial charge in [0.2, 0.25) is 11.5 Å². The lowest BCUT2D eigenvalue weighted by atomic mass is 10.2. The quantitative estimate of drug-likeness (QED) is 0.522. The van der Waals surface area contributed by atoms with Gasteiger partial charge >= 0.3 is 0 Å². The fraction of sp³-hybridized carbons (Fsp3) is 0. The molecule has 4 N–H and O–H groups in total. The summed E-state index contributed by atoms with van der Waals surface area (Å²) in [6, 6.07) is 6.28. The third-order valence-electron chi connectivity index (χ3n) is 2.00. The zero-order chi connectivity index (χ0) is 13.0. The molecule has 0 atom stereocenters. The van der Waals surface area contributed by atoms with Crippen molar-refractivity contribution in [1.82, 2.24) is 15.7 Å². The molecule has 92 valence electrons. The number of nitrogens with one attached hydrogen (secondary N) is 1. The number of benzene rings is 1. The van der Waals surface area contributed by atoms with E-state index < -0.39 is 5.91 Å². The zero-order valence-electron chi connectivity index (χ0n) is 9.07. The molecule has 0 saturated heterocycles. The molecule has 0 unspecified atom stereocenters. The van der Waals surface area contributed by atoms with Gasteiger partial charge in [-0.2, -0.15) is 5.10 Å². The molecule has 2 aromatic rings. The zero-order valence-corrected chi connectivity index (χ0v) is 9.07. The van der Waals surface area contributed by atoms with E-state index >= 15 is 0 Å². The van der Waals surface area contributed by atoms with Gasteiger partial charge in [0, 0.05) is 0 Å². The van der Waals surface area contributed by atoms with Gasteiger partial charge in [0.1, 0.15) is 5.75 Å². The van der Waals surface area contributed by atoms with E-state index in [-0.39, 0.29) is 17.3 Å². The molecule has 18 heavy (non-hydrogen) atoms. The molecular formula is C10H9N5O3. The standard InChI is InChI=1S/C10H9N5O3/c11-9-8(14-18-15-9)10(17)13-12-5-6-1-3-7(16)4-2-6/h1-5,16H,(H2,11,15)(H,13,17)/b12-5+. The second-order valence-electron chi connectivity index (χ2n) is 3.29. The highest BCUT2D eigenvalue weighted by atomic mass is 16.6. The molecule has 8 nitrogen and oxygen atoms in total. The van der Waals surface area contributed by atoms with Gasteiger partial charge in [0.15, 0.2) is 0 Å². The van der Waals surface area contributed by atoms with E-state index in [9.17, 15) is 4.79 Å². The number of carbonyl (C=O) groups is 1. The largest absolute Gasteiger partial charge is 0.508 e. The van der Waals surface area contributed by atoms with Gasteiger partial charge in [-0.05, 0) is 40.1 Å². The Morgan fingerprint density at radius 3 is 2.72 bits per heavy atom. The van der Waals surface area contributed by atoms with Crippen LogP contribution < -0.4 is 11.2 Å². The molecule has 8 heteroatoms. The fourth-order valence-electron chi connectivity index (χ4n) is 1.13. The van der Waals surface area contributed by atoms with Gasteiger partial charge in [-0.25, -0.2) is 10.1 Å². The molecule has 0 saturated carbocycles. The summed E-state index contributed by atoms with van der Waals surface area (Å²) in [4.78, 5) is 11.5. The summed E-state index contributed by atoms with van der Waals surface area (Å²) in [6.45, 7) is 0. The van der Waals surface area contributed by atoms with Gasteiger partial charge in [-0.3, -0.25) is 4.79 Å². The van der Waals surface area contributed by atoms with Crippen LogP contribution in [-0.4, -0.2) is 27.5 Å². The molecule has 1 heterocycles. The van der Waals surface area contributed by atoms with Crippen molar-refractivity contribution in [3.05, 3.63) is 35.5 Å². The number of hydrogen-bond donors (Lipinski definition) is 3. The Bertz CT molecular complexity index is 575. The lowest BCUT2D eigenvalue weighted by Crippen LogP contribution is -2.19. The first-order chi connectivity index (χ1) is 8.66. The number of phenolic OH excluding ortho intramolecular Hbond substituents is 1. The van der Waals surface area contributed by atoms with Crippen LogP contribution in [0, 0.1) is 0 Å². The monoisotopic (exact) mass is 247 g/mol. The number of hydrazone groups is 1. The Hall–Kier alpha value is -2.90. The van der Waals surface area contributed by atoms with Crippen molar-refractivity contribution in [2.75, 3.05) is 5.73 Å². The molecular weight excluding hydrogens is 238 g/mol. The van der Waals surface area contributed by atoms with Crippen LogP contribution in [0.2, 0.25) is 0 Å². The molecule has 0 aliphatic carbocycles. The second kappa shape index (κ2) is 4.95. The number of nitrogen functional groups attached to an aromatic ring is 1. The Balaban J connectivity index is 1.98. The second-order valence-corrected chi connectivity index (χ2v) is 3.29. The van der Waals surface area contributed by atoms with E-state index in [1.54, 1.807) is 12.1 Å². The third-order valence-corrected chi connectivity index (χ3v) is 2.00. The minimum Gasteiger partial charge on any atom is -0.508 e. The number of amides is 1. The van der Waals surface area contributed by atoms with Crippen LogP contribution in [0.3, 0.4) is 0 Å². The predicted molar refractivity (Wildman–Crippen MR) is 61.9 cm³/mol. The fourth-order valence-corrected chi connectivity index (χ4v) is 1.13. The lowest BCUT2D eigenvalue weighted by Gasteiger charge is -1.95. The first-order valence-corrected chi connectivity index (χ1v) is 4.87. The van der Waals surface area contributed by atoms with Gasteiger partial charge in [-0.15, -0.1) is 0 Å². The normalized spacial score (nSPS) is 10.7. The van der Waals surface area contributed by atoms with Crippen molar-refractivity contribution >= 4 is 17.9 Å². The predicted octanol–water partition coefficient (Wildman–Crippen LogP) is 0.121. The number of phenols is 1. The maximum Gasteiger partial charge on any atom is 0.297 e. The van der Waals surface area contributed by atoms with E-state index in [0.29, 0.717) is 5.56 Å². The molecule has 0 fully saturated rings. The molecule has 1 aromatic carbocycles. The smallest absolute Gasteiger partial charge is 0.297 e. The highest BCUT2D eigenvalue weighted by molar-refractivity contribution is 5.96. The highest BCUT2D eigenvalue weighted by Crippen LogP contribution is 2.07. The average Bonchev–Trinajstić information content (AvgIpc) is 2.78. The molecule has 2 rings (SSSR count). The van der Waals surface area contributed by atoms with Crippen molar-refractivity contribution in [2.24, 2.45) is 5.10 Å². The number of aromatic nitrogens is 2. The van der Waals surface area contributed by atoms with Gasteiger partial charge in [-0.1, -0.05) is 0 Å². The van der Waals surface area contributed by atoms with Gasteiger partial charge in [0.05, 0.1) is 6.21 Å². The van der Waals surface area contributed by atoms with Crippen LogP contribution >= 0.6 is 0 Å². The Morgan fingerprint density at radius 1 is 1.39 bits per heavy atom. The number of anilines is 1. The van der Waals surface area contributed by atoms with Crippen molar-refractivity contribution < 1.29 is 14.5 Å². The summed E-state index contributed by atoms with van der Waals surface area (Å²) in [5.74, 6) is -0.575. The summed E-state index contributed by atoms with van der Waals surface area (Å²) in [6.07, 6.45) is 1.40. The first-order valence-electron chi connectivity index (χ1n) is 4.87. The molecule has 0 aliphatic heterocycles. The van der Waals surface area contributed by atoms with Crippen molar-refractivity contribution in [1.29, 1.82) is 0 Å². The van der Waals surface area contributed by atoms with Crippen LogP contribution in [-0.2, 0) is 0 Å². The number of rotatable bonds is 3. The molecule has 1 amide bonds. The summed E-state index contributed by atoms with van der Waals surface area (Å²) >= 11 is 0. The summed E-state index contributed by atoms with van der Waals surface area (Å²) in [5, 5.41) is 19.4. The highest BCUT2D eigenvalue weighted by Gasteiger charge is 2.14. The number of carbonyl (C=O) groups excluding carboxylic acids is 1. The Labute approximate surface area is 101 Å². The van der Waals surface area contributed by atoms with E-state index in [4.69, 9.17) is 10.8 Å². The van der Waals surface area contributed by atoms with Gasteiger partial charge in [0.25, 0.3) is 5.91 Å². The minimum absolute atomic E-state index is 0.104. The molecule has 1 aromatic heterocycles. The SMILES string of the molecule is Nc1nonc1C(=O)N/N=C/c1ccc(O)cc1. The van der Waals surface area contributed by atoms with Crippen molar-refractivity contribution in [3.8, 4) is 5.75 Å². The third kappa shape index (κ3) is 2.61. The maximum absolute atomic E-state index is 11.5. The number of hydrogen-bond acceptors (Lipinski definition) is 7. The topological polar surface area (TPSA) is 127 Å². The van der Waals surface area contributed by atoms with Crippen LogP contribution in [0.1, 0.15) is 16.1 Å². The van der Waals surface area contributed by atoms with E-state index in [1.807, 2.05) is 0 Å². The summed E-state index contributed by atoms with van der Waals surface area (Å²) in [7, 11) is 0.